The zero-order valence-corrected chi connectivity index (χ0v) is 16.6. The normalized spacial score (nSPS) is 12.7. The second kappa shape index (κ2) is 6.21. The van der Waals surface area contributed by atoms with Crippen LogP contribution in [0.3, 0.4) is 0 Å². The van der Waals surface area contributed by atoms with Crippen molar-refractivity contribution in [1.82, 2.24) is 0 Å². The van der Waals surface area contributed by atoms with Gasteiger partial charge in [-0.15, -0.1) is 11.3 Å². The van der Waals surface area contributed by atoms with Crippen LogP contribution in [-0.4, -0.2) is 8.42 Å². The van der Waals surface area contributed by atoms with Crippen LogP contribution in [0.5, 0.6) is 0 Å². The molecule has 2 aromatic carbocycles. The van der Waals surface area contributed by atoms with E-state index in [9.17, 15) is 8.42 Å². The Labute approximate surface area is 151 Å². The average Bonchev–Trinajstić information content (AvgIpc) is 2.84. The van der Waals surface area contributed by atoms with Gasteiger partial charge in [0.25, 0.3) is 0 Å². The van der Waals surface area contributed by atoms with E-state index in [0.29, 0.717) is 4.90 Å². The van der Waals surface area contributed by atoms with E-state index in [-0.39, 0.29) is 5.41 Å². The number of aryl methyl sites for hydroxylation is 1. The van der Waals surface area contributed by atoms with Gasteiger partial charge in [0, 0.05) is 15.5 Å². The third-order valence-corrected chi connectivity index (χ3v) is 8.75. The molecule has 24 heavy (non-hydrogen) atoms. The third kappa shape index (κ3) is 3.39. The van der Waals surface area contributed by atoms with Crippen LogP contribution in [0.2, 0.25) is 0 Å². The first kappa shape index (κ1) is 17.5. The lowest BCUT2D eigenvalue weighted by atomic mass is 9.87. The van der Waals surface area contributed by atoms with Gasteiger partial charge in [0.15, 0.2) is 0 Å². The van der Waals surface area contributed by atoms with Crippen molar-refractivity contribution < 1.29 is 8.42 Å². The van der Waals surface area contributed by atoms with Crippen molar-refractivity contribution in [2.24, 2.45) is 0 Å². The standard InChI is InChI=1S/C19H20O2S3/c1-13-9-11-14(12-10-13)24(20,21)23-18-17(19(2,3)4)15-7-5-6-8-16(15)22-18/h5-12H,1-4H3. The molecule has 3 rings (SSSR count). The van der Waals surface area contributed by atoms with Crippen LogP contribution >= 0.6 is 22.1 Å². The van der Waals surface area contributed by atoms with Gasteiger partial charge in [0.1, 0.15) is 0 Å². The van der Waals surface area contributed by atoms with Crippen LogP contribution < -0.4 is 0 Å². The summed E-state index contributed by atoms with van der Waals surface area (Å²) in [5, 5.41) is 1.15. The SMILES string of the molecule is Cc1ccc(S(=O)(=O)Sc2sc3ccccc3c2C(C)(C)C)cc1. The van der Waals surface area contributed by atoms with Crippen molar-refractivity contribution in [3.63, 3.8) is 0 Å². The van der Waals surface area contributed by atoms with E-state index in [0.717, 1.165) is 36.2 Å². The largest absolute Gasteiger partial charge is 0.235 e. The second-order valence-corrected chi connectivity index (χ2v) is 11.9. The second-order valence-electron chi connectivity index (χ2n) is 6.86. The van der Waals surface area contributed by atoms with Crippen LogP contribution in [0.4, 0.5) is 0 Å². The van der Waals surface area contributed by atoms with E-state index < -0.39 is 8.87 Å². The number of thiophene rings is 1. The minimum atomic E-state index is -3.43. The Balaban J connectivity index is 2.11. The van der Waals surface area contributed by atoms with E-state index in [1.54, 1.807) is 23.5 Å². The molecule has 0 radical (unpaired) electrons. The average molecular weight is 377 g/mol. The fourth-order valence-corrected chi connectivity index (χ4v) is 8.04. The first-order chi connectivity index (χ1) is 11.2. The maximum absolute atomic E-state index is 12.8. The summed E-state index contributed by atoms with van der Waals surface area (Å²) >= 11 is 1.56. The Morgan fingerprint density at radius 1 is 0.958 bits per heavy atom. The molecule has 0 aliphatic carbocycles. The van der Waals surface area contributed by atoms with Gasteiger partial charge < -0.3 is 0 Å². The van der Waals surface area contributed by atoms with Crippen molar-refractivity contribution >= 4 is 41.1 Å². The highest BCUT2D eigenvalue weighted by Gasteiger charge is 2.28. The molecule has 1 heterocycles. The van der Waals surface area contributed by atoms with Gasteiger partial charge in [-0.25, -0.2) is 8.42 Å². The first-order valence-corrected chi connectivity index (χ1v) is 11.3. The van der Waals surface area contributed by atoms with Gasteiger partial charge in [-0.05, 0) is 41.5 Å². The number of rotatable bonds is 3. The Morgan fingerprint density at radius 3 is 2.21 bits per heavy atom. The topological polar surface area (TPSA) is 34.1 Å². The molecular formula is C19H20O2S3. The fraction of sp³-hybridized carbons (Fsp3) is 0.263. The fourth-order valence-electron chi connectivity index (χ4n) is 2.64. The minimum absolute atomic E-state index is 0.120. The molecule has 3 aromatic rings. The van der Waals surface area contributed by atoms with Crippen LogP contribution in [0.25, 0.3) is 10.1 Å². The summed E-state index contributed by atoms with van der Waals surface area (Å²) in [5.41, 5.74) is 2.05. The number of fused-ring (bicyclic) bond motifs is 1. The Kier molecular flexibility index (Phi) is 4.53. The zero-order chi connectivity index (χ0) is 17.5. The molecule has 0 saturated heterocycles. The molecule has 5 heteroatoms. The van der Waals surface area contributed by atoms with E-state index in [2.05, 4.69) is 32.9 Å². The van der Waals surface area contributed by atoms with E-state index in [1.165, 1.54) is 0 Å². The van der Waals surface area contributed by atoms with Gasteiger partial charge in [-0.2, -0.15) is 0 Å². The summed E-state index contributed by atoms with van der Waals surface area (Å²) < 4.78 is 27.7. The van der Waals surface area contributed by atoms with Crippen molar-refractivity contribution in [3.8, 4) is 0 Å². The quantitative estimate of drug-likeness (QED) is 0.527. The predicted molar refractivity (Wildman–Crippen MR) is 105 cm³/mol. The highest BCUT2D eigenvalue weighted by atomic mass is 33.1. The summed E-state index contributed by atoms with van der Waals surface area (Å²) in [7, 11) is -2.46. The summed E-state index contributed by atoms with van der Waals surface area (Å²) in [5.74, 6) is 0. The molecule has 0 atom stereocenters. The van der Waals surface area contributed by atoms with Gasteiger partial charge >= 0.3 is 0 Å². The lowest BCUT2D eigenvalue weighted by Crippen LogP contribution is -2.11. The van der Waals surface area contributed by atoms with Crippen LogP contribution in [-0.2, 0) is 14.3 Å². The first-order valence-electron chi connectivity index (χ1n) is 7.72. The Morgan fingerprint density at radius 2 is 1.58 bits per heavy atom. The van der Waals surface area contributed by atoms with Crippen molar-refractivity contribution in [2.75, 3.05) is 0 Å². The van der Waals surface area contributed by atoms with Crippen LogP contribution in [0.15, 0.2) is 57.6 Å². The van der Waals surface area contributed by atoms with Gasteiger partial charge in [-0.3, -0.25) is 0 Å². The minimum Gasteiger partial charge on any atom is -0.212 e. The number of benzene rings is 2. The van der Waals surface area contributed by atoms with E-state index >= 15 is 0 Å². The molecule has 0 N–H and O–H groups in total. The number of hydrogen-bond acceptors (Lipinski definition) is 4. The molecule has 0 aliphatic rings. The summed E-state index contributed by atoms with van der Waals surface area (Å²) in [6.07, 6.45) is 0. The summed E-state index contributed by atoms with van der Waals surface area (Å²) in [6, 6.07) is 15.2. The zero-order valence-electron chi connectivity index (χ0n) is 14.2. The molecule has 0 amide bonds. The van der Waals surface area contributed by atoms with Gasteiger partial charge in [0.2, 0.25) is 8.87 Å². The summed E-state index contributed by atoms with van der Waals surface area (Å²) in [6.45, 7) is 8.34. The lowest BCUT2D eigenvalue weighted by Gasteiger charge is -2.20. The van der Waals surface area contributed by atoms with E-state index in [1.807, 2.05) is 31.2 Å². The highest BCUT2D eigenvalue weighted by Crippen LogP contribution is 2.46. The van der Waals surface area contributed by atoms with Crippen LogP contribution in [0, 0.1) is 6.92 Å². The Bertz CT molecular complexity index is 976. The molecule has 2 nitrogen and oxygen atoms in total. The summed E-state index contributed by atoms with van der Waals surface area (Å²) in [4.78, 5) is 0.357. The molecule has 126 valence electrons. The van der Waals surface area contributed by atoms with Gasteiger partial charge in [0.05, 0.1) is 9.10 Å². The molecule has 0 bridgehead atoms. The van der Waals surface area contributed by atoms with Crippen molar-refractivity contribution in [2.45, 2.75) is 42.2 Å². The third-order valence-electron chi connectivity index (χ3n) is 3.81. The van der Waals surface area contributed by atoms with Gasteiger partial charge in [-0.1, -0.05) is 56.7 Å². The van der Waals surface area contributed by atoms with Crippen LogP contribution in [0.1, 0.15) is 31.9 Å². The molecule has 0 fully saturated rings. The molecule has 0 spiro atoms. The van der Waals surface area contributed by atoms with E-state index in [4.69, 9.17) is 0 Å². The number of hydrogen-bond donors (Lipinski definition) is 0. The molecule has 0 unspecified atom stereocenters. The lowest BCUT2D eigenvalue weighted by molar-refractivity contribution is 0.588. The highest BCUT2D eigenvalue weighted by molar-refractivity contribution is 8.72. The van der Waals surface area contributed by atoms with Crippen molar-refractivity contribution in [1.29, 1.82) is 0 Å². The maximum Gasteiger partial charge on any atom is 0.235 e. The molecule has 0 saturated carbocycles. The molecular weight excluding hydrogens is 356 g/mol. The van der Waals surface area contributed by atoms with Crippen molar-refractivity contribution in [3.05, 3.63) is 59.7 Å². The smallest absolute Gasteiger partial charge is 0.212 e. The monoisotopic (exact) mass is 376 g/mol. The predicted octanol–water partition coefficient (Wildman–Crippen LogP) is 5.99. The Hall–Kier alpha value is -1.30. The maximum atomic E-state index is 12.8. The molecule has 0 aliphatic heterocycles. The molecule has 1 aromatic heterocycles.